The first-order valence-electron chi connectivity index (χ1n) is 7.25. The van der Waals surface area contributed by atoms with Gasteiger partial charge in [0.2, 0.25) is 5.78 Å². The molecule has 0 atom stereocenters. The van der Waals surface area contributed by atoms with E-state index in [4.69, 9.17) is 5.73 Å². The lowest BCUT2D eigenvalue weighted by molar-refractivity contribution is -0.171. The summed E-state index contributed by atoms with van der Waals surface area (Å²) in [6.45, 7) is 0.934. The van der Waals surface area contributed by atoms with Gasteiger partial charge in [-0.3, -0.25) is 9.59 Å². The molecule has 0 amide bonds. The van der Waals surface area contributed by atoms with Crippen LogP contribution < -0.4 is 5.73 Å². The number of halogens is 3. The van der Waals surface area contributed by atoms with E-state index >= 15 is 0 Å². The van der Waals surface area contributed by atoms with Gasteiger partial charge in [-0.25, -0.2) is 0 Å². The molecule has 6 heteroatoms. The Bertz CT molecular complexity index is 782. The largest absolute Gasteiger partial charge is 0.450 e. The van der Waals surface area contributed by atoms with Gasteiger partial charge in [0.1, 0.15) is 5.78 Å². The van der Waals surface area contributed by atoms with Crippen molar-refractivity contribution in [2.24, 2.45) is 0 Å². The molecule has 1 aliphatic rings. The Balaban J connectivity index is 0.000000187. The lowest BCUT2D eigenvalue weighted by atomic mass is 10.1. The highest BCUT2D eigenvalue weighted by Gasteiger charge is 2.38. The van der Waals surface area contributed by atoms with E-state index in [1.807, 2.05) is 12.1 Å². The minimum atomic E-state index is -4.87. The van der Waals surface area contributed by atoms with Crippen molar-refractivity contribution in [2.75, 3.05) is 5.73 Å². The molecule has 3 nitrogen and oxygen atoms in total. The zero-order chi connectivity index (χ0) is 17.9. The van der Waals surface area contributed by atoms with E-state index in [-0.39, 0.29) is 0 Å². The van der Waals surface area contributed by atoms with Gasteiger partial charge < -0.3 is 5.73 Å². The zero-order valence-electron chi connectivity index (χ0n) is 13.0. The smallest absolute Gasteiger partial charge is 0.398 e. The second-order valence-corrected chi connectivity index (χ2v) is 5.51. The van der Waals surface area contributed by atoms with E-state index in [1.165, 1.54) is 22.3 Å². The molecule has 1 aliphatic carbocycles. The van der Waals surface area contributed by atoms with Crippen LogP contribution in [0.15, 0.2) is 42.5 Å². The van der Waals surface area contributed by atoms with Gasteiger partial charge in [-0.15, -0.1) is 0 Å². The van der Waals surface area contributed by atoms with E-state index in [0.29, 0.717) is 0 Å². The predicted octanol–water partition coefficient (Wildman–Crippen LogP) is 3.94. The van der Waals surface area contributed by atoms with Crippen LogP contribution in [-0.4, -0.2) is 17.7 Å². The minimum absolute atomic E-state index is 0.776. The van der Waals surface area contributed by atoms with Gasteiger partial charge in [-0.05, 0) is 35.2 Å². The Hall–Kier alpha value is -2.63. The number of alkyl halides is 3. The first-order chi connectivity index (χ1) is 11.2. The molecule has 126 valence electrons. The van der Waals surface area contributed by atoms with E-state index < -0.39 is 24.2 Å². The molecule has 2 aromatic rings. The SMILES string of the molecule is CC(=O)CC(=O)C(F)(F)F.Nc1cccc2c1Cc1ccccc1-2. The maximum atomic E-state index is 11.3. The van der Waals surface area contributed by atoms with Crippen molar-refractivity contribution in [1.29, 1.82) is 0 Å². The molecule has 0 fully saturated rings. The van der Waals surface area contributed by atoms with Crippen molar-refractivity contribution in [2.45, 2.75) is 25.9 Å². The summed E-state index contributed by atoms with van der Waals surface area (Å²) in [7, 11) is 0. The van der Waals surface area contributed by atoms with E-state index in [2.05, 4.69) is 30.3 Å². The van der Waals surface area contributed by atoms with Crippen LogP contribution in [0.3, 0.4) is 0 Å². The Labute approximate surface area is 137 Å². The molecule has 0 aromatic heterocycles. The second-order valence-electron chi connectivity index (χ2n) is 5.51. The molecular weight excluding hydrogens is 319 g/mol. The maximum Gasteiger partial charge on any atom is 0.450 e. The Kier molecular flexibility index (Phi) is 5.07. The molecular formula is C18H16F3NO2. The summed E-state index contributed by atoms with van der Waals surface area (Å²) in [5.74, 6) is -2.76. The van der Waals surface area contributed by atoms with Crippen LogP contribution in [-0.2, 0) is 16.0 Å². The van der Waals surface area contributed by atoms with Gasteiger partial charge in [0.25, 0.3) is 0 Å². The van der Waals surface area contributed by atoms with Crippen molar-refractivity contribution in [3.8, 4) is 11.1 Å². The van der Waals surface area contributed by atoms with E-state index in [0.717, 1.165) is 19.0 Å². The fourth-order valence-corrected chi connectivity index (χ4v) is 2.51. The molecule has 24 heavy (non-hydrogen) atoms. The number of hydrogen-bond donors (Lipinski definition) is 1. The lowest BCUT2D eigenvalue weighted by Gasteiger charge is -2.02. The molecule has 0 saturated carbocycles. The van der Waals surface area contributed by atoms with Gasteiger partial charge >= 0.3 is 6.18 Å². The number of carbonyl (C=O) groups excluding carboxylic acids is 2. The Morgan fingerprint density at radius 2 is 1.67 bits per heavy atom. The first-order valence-corrected chi connectivity index (χ1v) is 7.25. The van der Waals surface area contributed by atoms with E-state index in [1.54, 1.807) is 0 Å². The number of benzene rings is 2. The highest BCUT2D eigenvalue weighted by atomic mass is 19.4. The van der Waals surface area contributed by atoms with Crippen molar-refractivity contribution in [1.82, 2.24) is 0 Å². The zero-order valence-corrected chi connectivity index (χ0v) is 13.0. The summed E-state index contributed by atoms with van der Waals surface area (Å²) < 4.78 is 33.9. The fourth-order valence-electron chi connectivity index (χ4n) is 2.51. The lowest BCUT2D eigenvalue weighted by Crippen LogP contribution is -2.24. The molecule has 2 N–H and O–H groups in total. The van der Waals surface area contributed by atoms with Crippen LogP contribution in [0.5, 0.6) is 0 Å². The molecule has 0 spiro atoms. The molecule has 0 aliphatic heterocycles. The van der Waals surface area contributed by atoms with Crippen LogP contribution in [0.1, 0.15) is 24.5 Å². The molecule has 2 aromatic carbocycles. The number of anilines is 1. The predicted molar refractivity (Wildman–Crippen MR) is 85.5 cm³/mol. The molecule has 0 bridgehead atoms. The highest BCUT2D eigenvalue weighted by molar-refractivity contribution is 6.00. The van der Waals surface area contributed by atoms with Crippen molar-refractivity contribution in [3.63, 3.8) is 0 Å². The van der Waals surface area contributed by atoms with Crippen LogP contribution in [0.4, 0.5) is 18.9 Å². The van der Waals surface area contributed by atoms with Crippen LogP contribution >= 0.6 is 0 Å². The summed E-state index contributed by atoms with van der Waals surface area (Å²) in [6, 6.07) is 14.7. The Morgan fingerprint density at radius 3 is 2.25 bits per heavy atom. The number of ketones is 2. The average molecular weight is 335 g/mol. The number of carbonyl (C=O) groups is 2. The fraction of sp³-hybridized carbons (Fsp3) is 0.222. The van der Waals surface area contributed by atoms with Crippen molar-refractivity contribution < 1.29 is 22.8 Å². The number of Topliss-reactive ketones (excluding diaryl/α,β-unsaturated/α-hetero) is 2. The first kappa shape index (κ1) is 17.7. The second kappa shape index (κ2) is 6.86. The number of fused-ring (bicyclic) bond motifs is 3. The molecule has 0 unspecified atom stereocenters. The summed E-state index contributed by atoms with van der Waals surface area (Å²) in [5, 5.41) is 0. The number of nitrogens with two attached hydrogens (primary N) is 1. The van der Waals surface area contributed by atoms with Crippen LogP contribution in [0, 0.1) is 0 Å². The monoisotopic (exact) mass is 335 g/mol. The maximum absolute atomic E-state index is 11.3. The average Bonchev–Trinajstić information content (AvgIpc) is 2.87. The minimum Gasteiger partial charge on any atom is -0.398 e. The van der Waals surface area contributed by atoms with Gasteiger partial charge in [-0.2, -0.15) is 13.2 Å². The number of rotatable bonds is 2. The quantitative estimate of drug-likeness (QED) is 0.570. The topological polar surface area (TPSA) is 60.2 Å². The third kappa shape index (κ3) is 4.01. The third-order valence-electron chi connectivity index (χ3n) is 3.61. The summed E-state index contributed by atoms with van der Waals surface area (Å²) >= 11 is 0. The Morgan fingerprint density at radius 1 is 1.04 bits per heavy atom. The molecule has 0 heterocycles. The van der Waals surface area contributed by atoms with Gasteiger partial charge in [0.15, 0.2) is 0 Å². The number of hydrogen-bond acceptors (Lipinski definition) is 3. The summed E-state index contributed by atoms with van der Waals surface area (Å²) in [5.41, 5.74) is 12.2. The van der Waals surface area contributed by atoms with Crippen molar-refractivity contribution in [3.05, 3.63) is 53.6 Å². The highest BCUT2D eigenvalue weighted by Crippen LogP contribution is 2.38. The van der Waals surface area contributed by atoms with Gasteiger partial charge in [-0.1, -0.05) is 36.4 Å². The molecule has 0 radical (unpaired) electrons. The van der Waals surface area contributed by atoms with Gasteiger partial charge in [0, 0.05) is 12.1 Å². The third-order valence-corrected chi connectivity index (χ3v) is 3.61. The van der Waals surface area contributed by atoms with Crippen molar-refractivity contribution >= 4 is 17.3 Å². The van der Waals surface area contributed by atoms with Gasteiger partial charge in [0.05, 0.1) is 6.42 Å². The molecule has 3 rings (SSSR count). The van der Waals surface area contributed by atoms with Crippen LogP contribution in [0.2, 0.25) is 0 Å². The normalized spacial score (nSPS) is 11.8. The molecule has 0 saturated heterocycles. The summed E-state index contributed by atoms with van der Waals surface area (Å²) in [4.78, 5) is 19.9. The standard InChI is InChI=1S/C13H11N.C5H5F3O2/c14-13-7-3-6-11-10-5-2-1-4-9(10)8-12(11)13;1-3(9)2-4(10)5(6,7)8/h1-7H,8,14H2;2H2,1H3. The number of nitrogen functional groups attached to an aromatic ring is 1. The van der Waals surface area contributed by atoms with Crippen LogP contribution in [0.25, 0.3) is 11.1 Å². The summed E-state index contributed by atoms with van der Waals surface area (Å²) in [6.07, 6.45) is -4.94. The van der Waals surface area contributed by atoms with E-state index in [9.17, 15) is 22.8 Å².